The van der Waals surface area contributed by atoms with Crippen LogP contribution in [0, 0.1) is 0 Å². The molecule has 0 fully saturated rings. The normalized spacial score (nSPS) is 11.5. The maximum absolute atomic E-state index is 12.4. The highest BCUT2D eigenvalue weighted by Crippen LogP contribution is 2.14. The van der Waals surface area contributed by atoms with Crippen LogP contribution in [0.2, 0.25) is 0 Å². The monoisotopic (exact) mass is 483 g/mol. The van der Waals surface area contributed by atoms with Gasteiger partial charge in [-0.15, -0.1) is 0 Å². The number of amides is 2. The van der Waals surface area contributed by atoms with E-state index < -0.39 is 6.04 Å². The molecule has 0 unspecified atom stereocenters. The second-order valence-electron chi connectivity index (χ2n) is 8.41. The smallest absolute Gasteiger partial charge is 0.323 e. The van der Waals surface area contributed by atoms with E-state index in [-0.39, 0.29) is 24.2 Å². The largest absolute Gasteiger partial charge is 0.465 e. The van der Waals surface area contributed by atoms with Crippen molar-refractivity contribution in [3.63, 3.8) is 0 Å². The minimum Gasteiger partial charge on any atom is -0.465 e. The lowest BCUT2D eigenvalue weighted by molar-refractivity contribution is -0.145. The average Bonchev–Trinajstić information content (AvgIpc) is 2.87. The van der Waals surface area contributed by atoms with E-state index in [2.05, 4.69) is 10.6 Å². The summed E-state index contributed by atoms with van der Waals surface area (Å²) >= 11 is 0. The van der Waals surface area contributed by atoms with Gasteiger partial charge in [0.25, 0.3) is 0 Å². The van der Waals surface area contributed by atoms with Gasteiger partial charge in [-0.25, -0.2) is 5.48 Å². The van der Waals surface area contributed by atoms with Gasteiger partial charge in [-0.3, -0.25) is 19.6 Å². The van der Waals surface area contributed by atoms with E-state index in [1.54, 1.807) is 12.4 Å². The molecule has 35 heavy (non-hydrogen) atoms. The summed E-state index contributed by atoms with van der Waals surface area (Å²) in [7, 11) is 0. The molecular formula is C27H37N3O5. The van der Waals surface area contributed by atoms with Crippen molar-refractivity contribution >= 4 is 23.5 Å². The number of benzene rings is 2. The molecule has 2 aromatic rings. The number of esters is 1. The van der Waals surface area contributed by atoms with Crippen LogP contribution in [-0.2, 0) is 32.1 Å². The number of hydrogen-bond acceptors (Lipinski definition) is 6. The average molecular weight is 484 g/mol. The van der Waals surface area contributed by atoms with Gasteiger partial charge in [0.2, 0.25) is 11.8 Å². The summed E-state index contributed by atoms with van der Waals surface area (Å²) in [5.74, 6) is -0.706. The first-order valence-corrected chi connectivity index (χ1v) is 12.3. The Morgan fingerprint density at radius 2 is 1.57 bits per heavy atom. The fraction of sp³-hybridized carbons (Fsp3) is 0.444. The highest BCUT2D eigenvalue weighted by molar-refractivity contribution is 5.90. The molecule has 0 saturated heterocycles. The summed E-state index contributed by atoms with van der Waals surface area (Å²) in [6.45, 7) is 2.61. The summed E-state index contributed by atoms with van der Waals surface area (Å²) < 4.78 is 5.25. The number of rotatable bonds is 16. The highest BCUT2D eigenvalue weighted by atomic mass is 16.5. The molecule has 4 N–H and O–H groups in total. The van der Waals surface area contributed by atoms with Gasteiger partial charge in [0.15, 0.2) is 0 Å². The van der Waals surface area contributed by atoms with Crippen molar-refractivity contribution in [3.8, 4) is 0 Å². The molecule has 2 rings (SSSR count). The van der Waals surface area contributed by atoms with E-state index >= 15 is 0 Å². The molecule has 2 aromatic carbocycles. The van der Waals surface area contributed by atoms with Crippen LogP contribution in [0.3, 0.4) is 0 Å². The molecule has 0 aliphatic heterocycles. The van der Waals surface area contributed by atoms with Crippen molar-refractivity contribution in [2.75, 3.05) is 11.9 Å². The first kappa shape index (κ1) is 28.0. The lowest BCUT2D eigenvalue weighted by Crippen LogP contribution is -2.38. The molecule has 8 nitrogen and oxygen atoms in total. The Bertz CT molecular complexity index is 920. The fourth-order valence-electron chi connectivity index (χ4n) is 3.71. The van der Waals surface area contributed by atoms with Crippen LogP contribution < -0.4 is 16.1 Å². The van der Waals surface area contributed by atoms with Crippen LogP contribution in [0.5, 0.6) is 0 Å². The van der Waals surface area contributed by atoms with Gasteiger partial charge in [-0.2, -0.15) is 0 Å². The molecule has 2 amide bonds. The number of unbranched alkanes of at least 4 members (excludes halogenated alkanes) is 3. The number of carbonyl (C=O) groups excluding carboxylic acids is 3. The number of nitrogens with one attached hydrogen (secondary N) is 3. The lowest BCUT2D eigenvalue weighted by atomic mass is 10.0. The summed E-state index contributed by atoms with van der Waals surface area (Å²) in [4.78, 5) is 35.7. The SMILES string of the molecule is CCOC(=O)[C@H](CCc1ccccc1)NCc1cccc(NC(=O)CCCCCCC(=O)NO)c1. The number of hydroxylamine groups is 1. The Morgan fingerprint density at radius 3 is 2.26 bits per heavy atom. The van der Waals surface area contributed by atoms with E-state index in [1.165, 1.54) is 5.56 Å². The summed E-state index contributed by atoms with van der Waals surface area (Å²) in [6.07, 6.45) is 5.16. The minimum atomic E-state index is -0.420. The number of anilines is 1. The predicted molar refractivity (Wildman–Crippen MR) is 135 cm³/mol. The molecule has 0 radical (unpaired) electrons. The maximum atomic E-state index is 12.4. The zero-order valence-electron chi connectivity index (χ0n) is 20.4. The van der Waals surface area contributed by atoms with Crippen LogP contribution in [0.4, 0.5) is 5.69 Å². The Balaban J connectivity index is 1.79. The molecule has 0 heterocycles. The van der Waals surface area contributed by atoms with Crippen molar-refractivity contribution in [3.05, 3.63) is 65.7 Å². The number of ether oxygens (including phenoxy) is 1. The minimum absolute atomic E-state index is 0.0597. The topological polar surface area (TPSA) is 117 Å². The Labute approximate surface area is 207 Å². The van der Waals surface area contributed by atoms with E-state index in [0.717, 1.165) is 31.2 Å². The van der Waals surface area contributed by atoms with E-state index in [0.29, 0.717) is 38.1 Å². The highest BCUT2D eigenvalue weighted by Gasteiger charge is 2.19. The Morgan fingerprint density at radius 1 is 0.886 bits per heavy atom. The zero-order chi connectivity index (χ0) is 25.3. The van der Waals surface area contributed by atoms with Gasteiger partial charge in [0.1, 0.15) is 6.04 Å². The first-order chi connectivity index (χ1) is 17.0. The molecule has 0 aliphatic carbocycles. The van der Waals surface area contributed by atoms with Crippen molar-refractivity contribution < 1.29 is 24.3 Å². The van der Waals surface area contributed by atoms with Gasteiger partial charge in [0.05, 0.1) is 6.61 Å². The van der Waals surface area contributed by atoms with E-state index in [4.69, 9.17) is 9.94 Å². The van der Waals surface area contributed by atoms with E-state index in [1.807, 2.05) is 54.6 Å². The van der Waals surface area contributed by atoms with Gasteiger partial charge in [-0.1, -0.05) is 55.3 Å². The van der Waals surface area contributed by atoms with Gasteiger partial charge < -0.3 is 15.4 Å². The van der Waals surface area contributed by atoms with Gasteiger partial charge >= 0.3 is 5.97 Å². The molecule has 0 aliphatic rings. The molecule has 0 bridgehead atoms. The van der Waals surface area contributed by atoms with E-state index in [9.17, 15) is 14.4 Å². The summed E-state index contributed by atoms with van der Waals surface area (Å²) in [6, 6.07) is 17.2. The quantitative estimate of drug-likeness (QED) is 0.123. The molecule has 190 valence electrons. The van der Waals surface area contributed by atoms with Crippen molar-refractivity contribution in [1.29, 1.82) is 0 Å². The van der Waals surface area contributed by atoms with Crippen LogP contribution in [-0.4, -0.2) is 35.6 Å². The predicted octanol–water partition coefficient (Wildman–Crippen LogP) is 4.13. The van der Waals surface area contributed by atoms with Gasteiger partial charge in [-0.05, 0) is 55.9 Å². The number of aryl methyl sites for hydroxylation is 1. The van der Waals surface area contributed by atoms with Crippen LogP contribution >= 0.6 is 0 Å². The third-order valence-corrected chi connectivity index (χ3v) is 5.58. The lowest BCUT2D eigenvalue weighted by Gasteiger charge is -2.18. The van der Waals surface area contributed by atoms with Gasteiger partial charge in [0, 0.05) is 25.1 Å². The molecule has 8 heteroatoms. The maximum Gasteiger partial charge on any atom is 0.323 e. The third kappa shape index (κ3) is 11.6. The molecule has 1 atom stereocenters. The summed E-state index contributed by atoms with van der Waals surface area (Å²) in [5.41, 5.74) is 4.46. The van der Waals surface area contributed by atoms with Crippen molar-refractivity contribution in [2.24, 2.45) is 0 Å². The zero-order valence-corrected chi connectivity index (χ0v) is 20.4. The van der Waals surface area contributed by atoms with Crippen LogP contribution in [0.25, 0.3) is 0 Å². The Kier molecular flexibility index (Phi) is 13.1. The van der Waals surface area contributed by atoms with Crippen molar-refractivity contribution in [2.45, 2.75) is 70.9 Å². The second-order valence-corrected chi connectivity index (χ2v) is 8.41. The second kappa shape index (κ2) is 16.4. The van der Waals surface area contributed by atoms with Crippen molar-refractivity contribution in [1.82, 2.24) is 10.8 Å². The fourth-order valence-corrected chi connectivity index (χ4v) is 3.71. The Hall–Kier alpha value is -3.23. The first-order valence-electron chi connectivity index (χ1n) is 12.3. The number of hydrogen-bond donors (Lipinski definition) is 4. The summed E-state index contributed by atoms with van der Waals surface area (Å²) in [5, 5.41) is 14.7. The van der Waals surface area contributed by atoms with Crippen LogP contribution in [0.1, 0.15) is 63.0 Å². The van der Waals surface area contributed by atoms with Crippen LogP contribution in [0.15, 0.2) is 54.6 Å². The molecular weight excluding hydrogens is 446 g/mol. The number of carbonyl (C=O) groups is 3. The molecule has 0 aromatic heterocycles. The third-order valence-electron chi connectivity index (χ3n) is 5.58. The molecule has 0 spiro atoms. The molecule has 0 saturated carbocycles. The standard InChI is InChI=1S/C27H37N3O5/c1-2-35-27(33)24(18-17-21-11-6-5-7-12-21)28-20-22-13-10-14-23(19-22)29-25(31)15-8-3-4-9-16-26(32)30-34/h5-7,10-14,19,24,28,34H,2-4,8-9,15-18,20H2,1H3,(H,29,31)(H,30,32)/t24-/m0/s1.